The predicted molar refractivity (Wildman–Crippen MR) is 143 cm³/mol. The van der Waals surface area contributed by atoms with E-state index >= 15 is 0 Å². The summed E-state index contributed by atoms with van der Waals surface area (Å²) < 4.78 is 13.3. The Morgan fingerprint density at radius 1 is 1.00 bits per heavy atom. The second-order valence-electron chi connectivity index (χ2n) is 8.04. The highest BCUT2D eigenvalue weighted by Crippen LogP contribution is 1.96. The second-order valence-corrected chi connectivity index (χ2v) is 8.04. The average molecular weight is 594 g/mol. The SMILES string of the molecule is C.CC(=O)O[C@@H](C)C(=O)NCCCC(=O)CN(C)C(=O)CO.CC(=O)O[C@@H](C)C(=O)NCCN.O=C1CNC(=O)O1. The molecule has 0 bridgehead atoms. The maximum absolute atomic E-state index is 11.5. The fraction of sp³-hybridized carbons (Fsp3) is 0.667. The summed E-state index contributed by atoms with van der Waals surface area (Å²) in [6.07, 6.45) is -1.64. The summed E-state index contributed by atoms with van der Waals surface area (Å²) in [4.78, 5) is 87.1. The molecule has 0 aromatic heterocycles. The van der Waals surface area contributed by atoms with Gasteiger partial charge in [0.2, 0.25) is 5.91 Å². The Morgan fingerprint density at radius 3 is 1.83 bits per heavy atom. The molecule has 1 aliphatic heterocycles. The third kappa shape index (κ3) is 23.5. The van der Waals surface area contributed by atoms with E-state index in [-0.39, 0.29) is 45.2 Å². The smallest absolute Gasteiger partial charge is 0.415 e. The lowest BCUT2D eigenvalue weighted by Gasteiger charge is -2.15. The lowest BCUT2D eigenvalue weighted by atomic mass is 10.2. The van der Waals surface area contributed by atoms with Gasteiger partial charge in [-0.1, -0.05) is 7.43 Å². The molecule has 0 aliphatic carbocycles. The van der Waals surface area contributed by atoms with Crippen molar-refractivity contribution in [1.29, 1.82) is 0 Å². The van der Waals surface area contributed by atoms with E-state index in [0.717, 1.165) is 4.90 Å². The molecule has 17 nitrogen and oxygen atoms in total. The zero-order valence-corrected chi connectivity index (χ0v) is 23.3. The minimum atomic E-state index is -0.869. The molecule has 1 saturated heterocycles. The standard InChI is InChI=1S/C13H22N2O6.C7H14N2O3.C3H3NO3.CH4/c1-9(21-10(2)17)13(20)14-6-4-5-11(18)7-15(3)12(19)8-16;1-5(12-6(2)10)7(11)9-4-3-8;5-2-1-4-3(6)7-2;/h9,16H,4-8H2,1-3H3,(H,14,20);5H,3-4,8H2,1-2H3,(H,9,11);1H2,(H,4,6);1H4/t9-;5-;;/m00../s1. The number of ether oxygens (including phenoxy) is 3. The van der Waals surface area contributed by atoms with Crippen LogP contribution in [0.1, 0.15) is 48.0 Å². The largest absolute Gasteiger partial charge is 0.453 e. The topological polar surface area (TPSA) is 250 Å². The van der Waals surface area contributed by atoms with E-state index in [4.69, 9.17) is 15.6 Å². The molecule has 2 atom stereocenters. The van der Waals surface area contributed by atoms with Crippen LogP contribution in [0.4, 0.5) is 4.79 Å². The Balaban J connectivity index is -0.000000602. The monoisotopic (exact) mass is 593 g/mol. The third-order valence-electron chi connectivity index (χ3n) is 4.36. The number of hydrogen-bond donors (Lipinski definition) is 5. The van der Waals surface area contributed by atoms with E-state index in [0.29, 0.717) is 19.5 Å². The van der Waals surface area contributed by atoms with Crippen LogP contribution in [0, 0.1) is 0 Å². The lowest BCUT2D eigenvalue weighted by Crippen LogP contribution is -2.37. The minimum Gasteiger partial charge on any atom is -0.453 e. The van der Waals surface area contributed by atoms with Gasteiger partial charge in [0, 0.05) is 47.0 Å². The molecule has 236 valence electrons. The Morgan fingerprint density at radius 2 is 1.49 bits per heavy atom. The number of amides is 4. The van der Waals surface area contributed by atoms with Crippen LogP contribution in [0.15, 0.2) is 0 Å². The van der Waals surface area contributed by atoms with Crippen LogP contribution in [-0.2, 0) is 47.8 Å². The van der Waals surface area contributed by atoms with E-state index in [2.05, 4.69) is 25.4 Å². The van der Waals surface area contributed by atoms with Crippen molar-refractivity contribution in [2.45, 2.75) is 60.2 Å². The number of cyclic esters (lactones) is 2. The van der Waals surface area contributed by atoms with Crippen molar-refractivity contribution in [3.05, 3.63) is 0 Å². The Kier molecular flexibility index (Phi) is 24.0. The molecule has 41 heavy (non-hydrogen) atoms. The summed E-state index contributed by atoms with van der Waals surface area (Å²) in [5.74, 6) is -2.95. The second kappa shape index (κ2) is 23.7. The number of aliphatic hydroxyl groups excluding tert-OH is 1. The maximum atomic E-state index is 11.5. The number of alkyl carbamates (subject to hydrolysis) is 1. The van der Waals surface area contributed by atoms with Gasteiger partial charge in [-0.3, -0.25) is 28.8 Å². The number of ketones is 1. The molecular weight excluding hydrogens is 550 g/mol. The van der Waals surface area contributed by atoms with Crippen molar-refractivity contribution in [2.24, 2.45) is 5.73 Å². The predicted octanol–water partition coefficient (Wildman–Crippen LogP) is -2.24. The van der Waals surface area contributed by atoms with Crippen molar-refractivity contribution in [2.75, 3.05) is 46.4 Å². The van der Waals surface area contributed by atoms with Gasteiger partial charge in [-0.05, 0) is 20.3 Å². The van der Waals surface area contributed by atoms with Crippen molar-refractivity contribution in [3.8, 4) is 0 Å². The molecular formula is C24H43N5O12. The zero-order chi connectivity index (χ0) is 31.3. The first kappa shape index (κ1) is 41.4. The maximum Gasteiger partial charge on any atom is 0.415 e. The van der Waals surface area contributed by atoms with E-state index in [1.54, 1.807) is 0 Å². The summed E-state index contributed by atoms with van der Waals surface area (Å²) >= 11 is 0. The summed E-state index contributed by atoms with van der Waals surface area (Å²) in [5.41, 5.74) is 5.16. The highest BCUT2D eigenvalue weighted by molar-refractivity contribution is 5.92. The molecule has 17 heteroatoms. The van der Waals surface area contributed by atoms with Crippen LogP contribution in [-0.4, -0.2) is 116 Å². The number of esters is 3. The highest BCUT2D eigenvalue weighted by atomic mass is 16.6. The molecule has 0 aromatic rings. The summed E-state index contributed by atoms with van der Waals surface area (Å²) in [7, 11) is 1.43. The van der Waals surface area contributed by atoms with E-state index in [1.807, 2.05) is 0 Å². The van der Waals surface area contributed by atoms with Crippen LogP contribution in [0.2, 0.25) is 0 Å². The first-order valence-electron chi connectivity index (χ1n) is 12.1. The molecule has 1 aliphatic rings. The quantitative estimate of drug-likeness (QED) is 0.0656. The number of rotatable bonds is 13. The van der Waals surface area contributed by atoms with E-state index in [1.165, 1.54) is 34.7 Å². The number of nitrogens with two attached hydrogens (primary N) is 1. The minimum absolute atomic E-state index is 0. The van der Waals surface area contributed by atoms with Crippen LogP contribution >= 0.6 is 0 Å². The van der Waals surface area contributed by atoms with E-state index in [9.17, 15) is 38.4 Å². The van der Waals surface area contributed by atoms with Gasteiger partial charge in [-0.15, -0.1) is 0 Å². The van der Waals surface area contributed by atoms with Gasteiger partial charge in [0.15, 0.2) is 18.0 Å². The zero-order valence-electron chi connectivity index (χ0n) is 23.3. The molecule has 0 unspecified atom stereocenters. The number of carbonyl (C=O) groups excluding carboxylic acids is 8. The van der Waals surface area contributed by atoms with Crippen molar-refractivity contribution in [1.82, 2.24) is 20.9 Å². The fourth-order valence-electron chi connectivity index (χ4n) is 2.46. The summed E-state index contributed by atoms with van der Waals surface area (Å²) in [6, 6.07) is 0. The molecule has 1 rings (SSSR count). The van der Waals surface area contributed by atoms with Crippen molar-refractivity contribution < 1.29 is 57.7 Å². The number of nitrogens with zero attached hydrogens (tertiary/aromatic N) is 1. The molecule has 1 heterocycles. The van der Waals surface area contributed by atoms with Gasteiger partial charge >= 0.3 is 24.0 Å². The van der Waals surface area contributed by atoms with Crippen LogP contribution in [0.3, 0.4) is 0 Å². The number of nitrogens with one attached hydrogen (secondary N) is 3. The summed E-state index contributed by atoms with van der Waals surface area (Å²) in [5, 5.41) is 15.8. The molecule has 1 fully saturated rings. The molecule has 0 saturated carbocycles. The normalized spacial score (nSPS) is 12.6. The fourth-order valence-corrected chi connectivity index (χ4v) is 2.46. The molecule has 4 amide bonds. The van der Waals surface area contributed by atoms with Gasteiger partial charge in [-0.2, -0.15) is 0 Å². The number of Topliss-reactive ketones (excluding diaryl/α,β-unsaturated/α-hetero) is 1. The van der Waals surface area contributed by atoms with Crippen LogP contribution < -0.4 is 21.7 Å². The first-order chi connectivity index (χ1) is 18.6. The molecule has 0 spiro atoms. The number of likely N-dealkylation sites (N-methyl/N-ethyl adjacent to an activating group) is 1. The van der Waals surface area contributed by atoms with E-state index < -0.39 is 54.6 Å². The molecule has 6 N–H and O–H groups in total. The third-order valence-corrected chi connectivity index (χ3v) is 4.36. The first-order valence-corrected chi connectivity index (χ1v) is 12.1. The Bertz CT molecular complexity index is 882. The van der Waals surface area contributed by atoms with Gasteiger partial charge < -0.3 is 45.9 Å². The van der Waals surface area contributed by atoms with Crippen LogP contribution in [0.5, 0.6) is 0 Å². The summed E-state index contributed by atoms with van der Waals surface area (Å²) in [6.45, 7) is 5.78. The number of aliphatic hydroxyl groups is 1. The van der Waals surface area contributed by atoms with Gasteiger partial charge in [0.25, 0.3) is 11.8 Å². The van der Waals surface area contributed by atoms with Crippen LogP contribution in [0.25, 0.3) is 0 Å². The average Bonchev–Trinajstić information content (AvgIpc) is 3.26. The number of carbonyl (C=O) groups is 8. The molecule has 0 aromatic carbocycles. The van der Waals surface area contributed by atoms with Gasteiger partial charge in [0.05, 0.1) is 6.54 Å². The Hall–Kier alpha value is -4.12. The lowest BCUT2D eigenvalue weighted by molar-refractivity contribution is -0.152. The Labute approximate surface area is 238 Å². The van der Waals surface area contributed by atoms with Crippen molar-refractivity contribution >= 4 is 47.5 Å². The molecule has 0 radical (unpaired) electrons. The van der Waals surface area contributed by atoms with Gasteiger partial charge in [-0.25, -0.2) is 9.59 Å². The highest BCUT2D eigenvalue weighted by Gasteiger charge is 2.18. The number of hydrogen-bond acceptors (Lipinski definition) is 13. The van der Waals surface area contributed by atoms with Crippen molar-refractivity contribution in [3.63, 3.8) is 0 Å². The van der Waals surface area contributed by atoms with Gasteiger partial charge in [0.1, 0.15) is 13.2 Å².